The summed E-state index contributed by atoms with van der Waals surface area (Å²) >= 11 is 6.10. The summed E-state index contributed by atoms with van der Waals surface area (Å²) in [5.74, 6) is 1.33. The Morgan fingerprint density at radius 2 is 1.89 bits per heavy atom. The lowest BCUT2D eigenvalue weighted by atomic mass is 10.1. The number of hydrogen-bond donors (Lipinski definition) is 1. The van der Waals surface area contributed by atoms with Crippen LogP contribution in [0.5, 0.6) is 11.6 Å². The molecular formula is C21H26ClN3O2. The van der Waals surface area contributed by atoms with Crippen molar-refractivity contribution >= 4 is 17.3 Å². The summed E-state index contributed by atoms with van der Waals surface area (Å²) in [6.07, 6.45) is 0.985. The van der Waals surface area contributed by atoms with Gasteiger partial charge in [-0.15, -0.1) is 0 Å². The van der Waals surface area contributed by atoms with Crippen LogP contribution < -0.4 is 10.1 Å². The van der Waals surface area contributed by atoms with Crippen molar-refractivity contribution in [2.24, 2.45) is 5.92 Å². The second-order valence-electron chi connectivity index (χ2n) is 6.68. The zero-order chi connectivity index (χ0) is 20.0. The largest absolute Gasteiger partial charge is 0.437 e. The molecule has 0 spiro atoms. The average Bonchev–Trinajstić information content (AvgIpc) is 2.61. The Bertz CT molecular complexity index is 823. The number of anilines is 1. The zero-order valence-electron chi connectivity index (χ0n) is 16.5. The first-order chi connectivity index (χ1) is 12.9. The predicted octanol–water partition coefficient (Wildman–Crippen LogP) is 5.41. The third-order valence-electron chi connectivity index (χ3n) is 4.41. The minimum Gasteiger partial charge on any atom is -0.437 e. The molecule has 0 saturated carbocycles. The van der Waals surface area contributed by atoms with Crippen LogP contribution in [0, 0.1) is 38.0 Å². The smallest absolute Gasteiger partial charge is 0.239 e. The molecule has 0 fully saturated rings. The van der Waals surface area contributed by atoms with E-state index >= 15 is 0 Å². The second-order valence-corrected chi connectivity index (χ2v) is 7.12. The topological polar surface area (TPSA) is 67.2 Å². The van der Waals surface area contributed by atoms with Gasteiger partial charge in [0.25, 0.3) is 0 Å². The van der Waals surface area contributed by atoms with Crippen molar-refractivity contribution in [3.05, 3.63) is 45.6 Å². The van der Waals surface area contributed by atoms with Gasteiger partial charge >= 0.3 is 0 Å². The third kappa shape index (κ3) is 5.35. The minimum absolute atomic E-state index is 0.299. The molecule has 1 heterocycles. The molecule has 0 aliphatic heterocycles. The molecule has 0 amide bonds. The summed E-state index contributed by atoms with van der Waals surface area (Å²) < 4.78 is 11.3. The lowest BCUT2D eigenvalue weighted by Gasteiger charge is -2.18. The van der Waals surface area contributed by atoms with E-state index in [1.807, 2.05) is 39.0 Å². The van der Waals surface area contributed by atoms with E-state index in [-0.39, 0.29) is 0 Å². The number of hydrogen-bond acceptors (Lipinski definition) is 5. The van der Waals surface area contributed by atoms with Crippen LogP contribution in [0.2, 0.25) is 5.02 Å². The maximum absolute atomic E-state index is 9.72. The minimum atomic E-state index is 0.299. The first-order valence-corrected chi connectivity index (χ1v) is 9.36. The number of nitriles is 1. The Morgan fingerprint density at radius 1 is 1.22 bits per heavy atom. The van der Waals surface area contributed by atoms with E-state index < -0.39 is 0 Å². The Hall–Kier alpha value is -2.29. The number of aromatic nitrogens is 1. The van der Waals surface area contributed by atoms with Gasteiger partial charge in [-0.05, 0) is 62.4 Å². The molecule has 5 nitrogen and oxygen atoms in total. The Balaban J connectivity index is 2.35. The second kappa shape index (κ2) is 9.59. The molecule has 0 saturated heterocycles. The first-order valence-electron chi connectivity index (χ1n) is 8.98. The summed E-state index contributed by atoms with van der Waals surface area (Å²) in [4.78, 5) is 4.45. The molecule has 1 aromatic heterocycles. The van der Waals surface area contributed by atoms with Gasteiger partial charge in [0, 0.05) is 24.4 Å². The summed E-state index contributed by atoms with van der Waals surface area (Å²) in [7, 11) is 1.70. The van der Waals surface area contributed by atoms with Crippen LogP contribution in [0.3, 0.4) is 0 Å². The summed E-state index contributed by atoms with van der Waals surface area (Å²) in [5.41, 5.74) is 3.68. The fraction of sp³-hybridized carbons (Fsp3) is 0.429. The van der Waals surface area contributed by atoms with E-state index in [1.54, 1.807) is 7.11 Å². The normalized spacial score (nSPS) is 11.7. The van der Waals surface area contributed by atoms with Gasteiger partial charge in [0.15, 0.2) is 0 Å². The van der Waals surface area contributed by atoms with Crippen molar-refractivity contribution < 1.29 is 9.47 Å². The van der Waals surface area contributed by atoms with E-state index in [9.17, 15) is 5.26 Å². The van der Waals surface area contributed by atoms with Crippen LogP contribution in [0.25, 0.3) is 0 Å². The molecule has 2 aromatic rings. The monoisotopic (exact) mass is 387 g/mol. The highest BCUT2D eigenvalue weighted by Crippen LogP contribution is 2.34. The molecule has 1 aromatic carbocycles. The predicted molar refractivity (Wildman–Crippen MR) is 109 cm³/mol. The standard InChI is InChI=1S/C21H26ClN3O2/c1-6-16(12-26-5)11-24-19-9-15(4)25-21(18(19)10-23)27-20-13(2)7-17(22)8-14(20)3/h7-9,16H,6,11-12H2,1-5H3,(H,24,25). The van der Waals surface area contributed by atoms with Crippen molar-refractivity contribution in [2.75, 3.05) is 25.6 Å². The van der Waals surface area contributed by atoms with Gasteiger partial charge in [0.2, 0.25) is 5.88 Å². The molecule has 0 radical (unpaired) electrons. The molecule has 1 unspecified atom stereocenters. The zero-order valence-corrected chi connectivity index (χ0v) is 17.3. The van der Waals surface area contributed by atoms with Crippen LogP contribution in [0.15, 0.2) is 18.2 Å². The quantitative estimate of drug-likeness (QED) is 0.656. The number of ether oxygens (including phenoxy) is 2. The number of nitrogens with one attached hydrogen (secondary N) is 1. The molecule has 0 aliphatic rings. The summed E-state index contributed by atoms with van der Waals surface area (Å²) in [5, 5.41) is 13.7. The van der Waals surface area contributed by atoms with E-state index in [2.05, 4.69) is 23.3 Å². The van der Waals surface area contributed by atoms with Crippen molar-refractivity contribution in [3.63, 3.8) is 0 Å². The van der Waals surface area contributed by atoms with Crippen molar-refractivity contribution in [3.8, 4) is 17.7 Å². The van der Waals surface area contributed by atoms with E-state index in [0.29, 0.717) is 41.3 Å². The number of methoxy groups -OCH3 is 1. The molecule has 6 heteroatoms. The fourth-order valence-electron chi connectivity index (χ4n) is 2.93. The third-order valence-corrected chi connectivity index (χ3v) is 4.63. The van der Waals surface area contributed by atoms with Crippen molar-refractivity contribution in [1.29, 1.82) is 5.26 Å². The molecule has 0 aliphatic carbocycles. The van der Waals surface area contributed by atoms with Gasteiger partial charge in [-0.1, -0.05) is 18.5 Å². The summed E-state index contributed by atoms with van der Waals surface area (Å²) in [6.45, 7) is 9.22. The Kier molecular flexibility index (Phi) is 7.46. The maximum atomic E-state index is 9.72. The van der Waals surface area contributed by atoms with Crippen LogP contribution in [0.1, 0.15) is 35.7 Å². The first kappa shape index (κ1) is 21.0. The SMILES string of the molecule is CCC(CNc1cc(C)nc(Oc2c(C)cc(Cl)cc2C)c1C#N)COC. The van der Waals surface area contributed by atoms with Gasteiger partial charge in [-0.25, -0.2) is 4.98 Å². The van der Waals surface area contributed by atoms with Crippen LogP contribution in [0.4, 0.5) is 5.69 Å². The fourth-order valence-corrected chi connectivity index (χ4v) is 3.26. The van der Waals surface area contributed by atoms with Crippen LogP contribution in [-0.2, 0) is 4.74 Å². The lowest BCUT2D eigenvalue weighted by molar-refractivity contribution is 0.155. The maximum Gasteiger partial charge on any atom is 0.239 e. The highest BCUT2D eigenvalue weighted by atomic mass is 35.5. The highest BCUT2D eigenvalue weighted by molar-refractivity contribution is 6.30. The van der Waals surface area contributed by atoms with Gasteiger partial charge in [-0.3, -0.25) is 0 Å². The van der Waals surface area contributed by atoms with Crippen molar-refractivity contribution in [1.82, 2.24) is 4.98 Å². The van der Waals surface area contributed by atoms with Gasteiger partial charge in [-0.2, -0.15) is 5.26 Å². The Morgan fingerprint density at radius 3 is 2.44 bits per heavy atom. The molecule has 144 valence electrons. The number of nitrogens with zero attached hydrogens (tertiary/aromatic N) is 2. The van der Waals surface area contributed by atoms with Crippen molar-refractivity contribution in [2.45, 2.75) is 34.1 Å². The van der Waals surface area contributed by atoms with E-state index in [0.717, 1.165) is 28.9 Å². The van der Waals surface area contributed by atoms with Gasteiger partial charge in [0.05, 0.1) is 12.3 Å². The lowest BCUT2D eigenvalue weighted by Crippen LogP contribution is -2.19. The highest BCUT2D eigenvalue weighted by Gasteiger charge is 2.17. The van der Waals surface area contributed by atoms with Crippen LogP contribution in [-0.4, -0.2) is 25.2 Å². The number of aryl methyl sites for hydroxylation is 3. The molecule has 2 rings (SSSR count). The van der Waals surface area contributed by atoms with Gasteiger partial charge < -0.3 is 14.8 Å². The molecule has 1 atom stereocenters. The number of benzene rings is 1. The van der Waals surface area contributed by atoms with Crippen LogP contribution >= 0.6 is 11.6 Å². The average molecular weight is 388 g/mol. The molecule has 1 N–H and O–H groups in total. The van der Waals surface area contributed by atoms with E-state index in [4.69, 9.17) is 21.1 Å². The Labute approximate surface area is 166 Å². The molecule has 0 bridgehead atoms. The summed E-state index contributed by atoms with van der Waals surface area (Å²) in [6, 6.07) is 7.77. The molecular weight excluding hydrogens is 362 g/mol. The van der Waals surface area contributed by atoms with E-state index in [1.165, 1.54) is 0 Å². The number of rotatable bonds is 8. The molecule has 27 heavy (non-hydrogen) atoms. The van der Waals surface area contributed by atoms with Gasteiger partial charge in [0.1, 0.15) is 17.4 Å². The number of pyridine rings is 1. The number of halogens is 1.